The first-order valence-corrected chi connectivity index (χ1v) is 7.23. The monoisotopic (exact) mass is 351 g/mol. The Hall–Kier alpha value is -0.290. The summed E-state index contributed by atoms with van der Waals surface area (Å²) in [4.78, 5) is 14.1. The molecule has 1 fully saturated rings. The predicted molar refractivity (Wildman–Crippen MR) is 75.5 cm³/mol. The number of hydrogen-bond donors (Lipinski definition) is 0. The number of alkyl halides is 1. The van der Waals surface area contributed by atoms with Crippen molar-refractivity contribution in [3.8, 4) is 0 Å². The molecule has 2 rings (SSSR count). The van der Waals surface area contributed by atoms with E-state index in [1.54, 1.807) is 23.1 Å². The van der Waals surface area contributed by atoms with Gasteiger partial charge in [0.25, 0.3) is 5.91 Å². The molecule has 3 nitrogen and oxygen atoms in total. The van der Waals surface area contributed by atoms with Gasteiger partial charge in [-0.15, -0.1) is 11.6 Å². The molecule has 1 aromatic carbocycles. The molecule has 0 saturated carbocycles. The number of amides is 1. The van der Waals surface area contributed by atoms with Gasteiger partial charge in [0, 0.05) is 22.5 Å². The summed E-state index contributed by atoms with van der Waals surface area (Å²) < 4.78 is 6.04. The zero-order valence-electron chi connectivity index (χ0n) is 9.54. The third-order valence-electron chi connectivity index (χ3n) is 2.83. The molecule has 0 bridgehead atoms. The zero-order valence-corrected chi connectivity index (χ0v) is 12.6. The van der Waals surface area contributed by atoms with E-state index in [0.717, 1.165) is 0 Å². The van der Waals surface area contributed by atoms with Gasteiger partial charge in [0.2, 0.25) is 0 Å². The quantitative estimate of drug-likeness (QED) is 0.765. The Morgan fingerprint density at radius 1 is 1.56 bits per heavy atom. The Balaban J connectivity index is 2.21. The van der Waals surface area contributed by atoms with Gasteiger partial charge in [-0.2, -0.15) is 0 Å². The molecule has 1 atom stereocenters. The van der Waals surface area contributed by atoms with Crippen molar-refractivity contribution < 1.29 is 9.53 Å². The van der Waals surface area contributed by atoms with E-state index in [2.05, 4.69) is 15.9 Å². The van der Waals surface area contributed by atoms with Crippen LogP contribution in [0.15, 0.2) is 22.7 Å². The lowest BCUT2D eigenvalue weighted by Crippen LogP contribution is -2.49. The predicted octanol–water partition coefficient (Wildman–Crippen LogP) is 3.18. The van der Waals surface area contributed by atoms with Crippen molar-refractivity contribution in [1.82, 2.24) is 4.90 Å². The molecule has 1 aromatic rings. The third-order valence-corrected chi connectivity index (χ3v) is 4.40. The van der Waals surface area contributed by atoms with Crippen LogP contribution in [0.1, 0.15) is 10.4 Å². The van der Waals surface area contributed by atoms with Crippen LogP contribution in [0, 0.1) is 0 Å². The number of halogens is 3. The molecular weight excluding hydrogens is 341 g/mol. The summed E-state index contributed by atoms with van der Waals surface area (Å²) in [5, 5.41) is 0.586. The highest BCUT2D eigenvalue weighted by atomic mass is 79.9. The van der Waals surface area contributed by atoms with Crippen molar-refractivity contribution in [1.29, 1.82) is 0 Å². The van der Waals surface area contributed by atoms with Crippen LogP contribution in [-0.4, -0.2) is 42.5 Å². The minimum atomic E-state index is -0.0672. The first-order chi connectivity index (χ1) is 8.63. The second-order valence-electron chi connectivity index (χ2n) is 4.01. The number of benzene rings is 1. The highest BCUT2D eigenvalue weighted by molar-refractivity contribution is 9.10. The molecule has 0 radical (unpaired) electrons. The number of hydrogen-bond acceptors (Lipinski definition) is 2. The lowest BCUT2D eigenvalue weighted by atomic mass is 10.1. The van der Waals surface area contributed by atoms with Crippen molar-refractivity contribution >= 4 is 45.0 Å². The fourth-order valence-corrected chi connectivity index (χ4v) is 2.60. The summed E-state index contributed by atoms with van der Waals surface area (Å²) in [6.07, 6.45) is 0. The molecule has 0 N–H and O–H groups in total. The van der Waals surface area contributed by atoms with E-state index in [9.17, 15) is 4.79 Å². The highest BCUT2D eigenvalue weighted by Crippen LogP contribution is 2.24. The molecule has 1 amide bonds. The van der Waals surface area contributed by atoms with Crippen LogP contribution in [-0.2, 0) is 4.74 Å². The standard InChI is InChI=1S/C12H12BrCl2NO2/c13-10-5-8(1-2-11(10)15)12(17)16-3-4-18-7-9(16)6-14/h1-2,5,9H,3-4,6-7H2. The van der Waals surface area contributed by atoms with Crippen LogP contribution in [0.2, 0.25) is 5.02 Å². The first kappa shape index (κ1) is 14.1. The number of morpholine rings is 1. The Bertz CT molecular complexity index is 456. The summed E-state index contributed by atoms with van der Waals surface area (Å²) >= 11 is 15.1. The summed E-state index contributed by atoms with van der Waals surface area (Å²) in [5.74, 6) is 0.335. The van der Waals surface area contributed by atoms with E-state index < -0.39 is 0 Å². The van der Waals surface area contributed by atoms with Gasteiger partial charge in [-0.05, 0) is 34.1 Å². The van der Waals surface area contributed by atoms with Crippen molar-refractivity contribution in [3.05, 3.63) is 33.3 Å². The SMILES string of the molecule is O=C(c1ccc(Cl)c(Br)c1)N1CCOCC1CCl. The summed E-state index contributed by atoms with van der Waals surface area (Å²) in [6, 6.07) is 5.08. The molecule has 6 heteroatoms. The zero-order chi connectivity index (χ0) is 13.1. The molecule has 18 heavy (non-hydrogen) atoms. The maximum Gasteiger partial charge on any atom is 0.254 e. The van der Waals surface area contributed by atoms with Crippen LogP contribution in [0.3, 0.4) is 0 Å². The van der Waals surface area contributed by atoms with Gasteiger partial charge >= 0.3 is 0 Å². The molecule has 0 spiro atoms. The molecule has 0 aliphatic carbocycles. The van der Waals surface area contributed by atoms with Crippen LogP contribution in [0.25, 0.3) is 0 Å². The molecule has 0 aromatic heterocycles. The minimum Gasteiger partial charge on any atom is -0.377 e. The van der Waals surface area contributed by atoms with Gasteiger partial charge in [0.05, 0.1) is 24.3 Å². The molecule has 1 unspecified atom stereocenters. The lowest BCUT2D eigenvalue weighted by Gasteiger charge is -2.34. The fraction of sp³-hybridized carbons (Fsp3) is 0.417. The van der Waals surface area contributed by atoms with Crippen molar-refractivity contribution in [2.75, 3.05) is 25.6 Å². The number of nitrogens with zero attached hydrogens (tertiary/aromatic N) is 1. The maximum absolute atomic E-state index is 12.4. The number of ether oxygens (including phenoxy) is 1. The first-order valence-electron chi connectivity index (χ1n) is 5.53. The van der Waals surface area contributed by atoms with Crippen LogP contribution in [0.5, 0.6) is 0 Å². The molecular formula is C12H12BrCl2NO2. The van der Waals surface area contributed by atoms with Gasteiger partial charge in [0.1, 0.15) is 0 Å². The van der Waals surface area contributed by atoms with Gasteiger partial charge in [-0.3, -0.25) is 4.79 Å². The molecule has 98 valence electrons. The van der Waals surface area contributed by atoms with Gasteiger partial charge in [0.15, 0.2) is 0 Å². The van der Waals surface area contributed by atoms with Crippen molar-refractivity contribution in [3.63, 3.8) is 0 Å². The van der Waals surface area contributed by atoms with E-state index in [4.69, 9.17) is 27.9 Å². The van der Waals surface area contributed by atoms with Crippen molar-refractivity contribution in [2.45, 2.75) is 6.04 Å². The highest BCUT2D eigenvalue weighted by Gasteiger charge is 2.27. The van der Waals surface area contributed by atoms with Crippen LogP contribution < -0.4 is 0 Å². The smallest absolute Gasteiger partial charge is 0.254 e. The van der Waals surface area contributed by atoms with E-state index in [-0.39, 0.29) is 11.9 Å². The van der Waals surface area contributed by atoms with E-state index >= 15 is 0 Å². The average Bonchev–Trinajstić information content (AvgIpc) is 2.41. The molecule has 1 heterocycles. The Labute approximate surface area is 124 Å². The summed E-state index contributed by atoms with van der Waals surface area (Å²) in [7, 11) is 0. The topological polar surface area (TPSA) is 29.5 Å². The second-order valence-corrected chi connectivity index (χ2v) is 5.58. The van der Waals surface area contributed by atoms with Gasteiger partial charge < -0.3 is 9.64 Å². The Morgan fingerprint density at radius 3 is 3.00 bits per heavy atom. The van der Waals surface area contributed by atoms with Crippen molar-refractivity contribution in [2.24, 2.45) is 0 Å². The number of carbonyl (C=O) groups excluding carboxylic acids is 1. The molecule has 1 saturated heterocycles. The number of carbonyl (C=O) groups is 1. The van der Waals surface area contributed by atoms with E-state index in [0.29, 0.717) is 40.7 Å². The van der Waals surface area contributed by atoms with Gasteiger partial charge in [-0.1, -0.05) is 11.6 Å². The number of rotatable bonds is 2. The second kappa shape index (κ2) is 6.24. The van der Waals surface area contributed by atoms with Crippen LogP contribution >= 0.6 is 39.1 Å². The van der Waals surface area contributed by atoms with Crippen LogP contribution in [0.4, 0.5) is 0 Å². The normalized spacial score (nSPS) is 19.9. The Morgan fingerprint density at radius 2 is 2.33 bits per heavy atom. The lowest BCUT2D eigenvalue weighted by molar-refractivity contribution is 0.00456. The third kappa shape index (κ3) is 2.99. The molecule has 1 aliphatic rings. The largest absolute Gasteiger partial charge is 0.377 e. The maximum atomic E-state index is 12.4. The summed E-state index contributed by atoms with van der Waals surface area (Å²) in [5.41, 5.74) is 0.600. The average molecular weight is 353 g/mol. The fourth-order valence-electron chi connectivity index (χ4n) is 1.85. The summed E-state index contributed by atoms with van der Waals surface area (Å²) in [6.45, 7) is 1.61. The molecule has 1 aliphatic heterocycles. The van der Waals surface area contributed by atoms with Gasteiger partial charge in [-0.25, -0.2) is 0 Å². The Kier molecular flexibility index (Phi) is 4.90. The minimum absolute atomic E-state index is 0.0404. The van der Waals surface area contributed by atoms with E-state index in [1.165, 1.54) is 0 Å². The van der Waals surface area contributed by atoms with E-state index in [1.807, 2.05) is 0 Å².